The molecule has 3 heterocycles. The number of para-hydroxylation sites is 1. The Balaban J connectivity index is 1.20. The third kappa shape index (κ3) is 5.20. The van der Waals surface area contributed by atoms with E-state index < -0.39 is 0 Å². The number of aryl methyl sites for hydroxylation is 2. The molecule has 154 valence electrons. The lowest BCUT2D eigenvalue weighted by atomic mass is 10.2. The van der Waals surface area contributed by atoms with Gasteiger partial charge in [-0.25, -0.2) is 15.0 Å². The summed E-state index contributed by atoms with van der Waals surface area (Å²) in [6.07, 6.45) is 6.53. The van der Waals surface area contributed by atoms with E-state index in [0.717, 1.165) is 58.1 Å². The molecule has 30 heavy (non-hydrogen) atoms. The van der Waals surface area contributed by atoms with Crippen LogP contribution in [0.4, 0.5) is 11.5 Å². The fraction of sp³-hybridized carbons (Fsp3) is 0.273. The first-order valence-corrected chi connectivity index (χ1v) is 11.6. The minimum absolute atomic E-state index is 0.0509. The van der Waals surface area contributed by atoms with E-state index >= 15 is 0 Å². The van der Waals surface area contributed by atoms with Gasteiger partial charge in [0.1, 0.15) is 12.1 Å². The van der Waals surface area contributed by atoms with E-state index in [4.69, 9.17) is 0 Å². The van der Waals surface area contributed by atoms with Crippen molar-refractivity contribution in [1.82, 2.24) is 15.0 Å². The van der Waals surface area contributed by atoms with E-state index in [1.165, 1.54) is 4.88 Å². The van der Waals surface area contributed by atoms with Gasteiger partial charge in [0.15, 0.2) is 0 Å². The van der Waals surface area contributed by atoms with Crippen LogP contribution in [-0.2, 0) is 17.6 Å². The van der Waals surface area contributed by atoms with Crippen LogP contribution in [0.5, 0.6) is 0 Å². The number of benzene rings is 1. The Labute approximate surface area is 183 Å². The van der Waals surface area contributed by atoms with Gasteiger partial charge in [-0.05, 0) is 42.8 Å². The first kappa shape index (κ1) is 20.4. The summed E-state index contributed by atoms with van der Waals surface area (Å²) in [7, 11) is 0. The highest BCUT2D eigenvalue weighted by Gasteiger charge is 2.08. The maximum absolute atomic E-state index is 12.2. The molecule has 6 nitrogen and oxygen atoms in total. The van der Waals surface area contributed by atoms with Crippen molar-refractivity contribution in [2.45, 2.75) is 32.6 Å². The van der Waals surface area contributed by atoms with Crippen LogP contribution in [0.25, 0.3) is 10.2 Å². The summed E-state index contributed by atoms with van der Waals surface area (Å²) in [6.45, 7) is 2.79. The van der Waals surface area contributed by atoms with Gasteiger partial charge in [-0.3, -0.25) is 4.79 Å². The second-order valence-corrected chi connectivity index (χ2v) is 9.09. The lowest BCUT2D eigenvalue weighted by Gasteiger charge is -2.07. The molecule has 1 amide bonds. The average Bonchev–Trinajstić information content (AvgIpc) is 3.40. The number of carbonyl (C=O) groups is 1. The number of amides is 1. The molecule has 0 radical (unpaired) electrons. The van der Waals surface area contributed by atoms with Gasteiger partial charge in [0, 0.05) is 36.1 Å². The third-order valence-corrected chi connectivity index (χ3v) is 6.75. The van der Waals surface area contributed by atoms with Crippen molar-refractivity contribution < 1.29 is 4.79 Å². The number of rotatable bonds is 9. The van der Waals surface area contributed by atoms with Crippen molar-refractivity contribution in [3.63, 3.8) is 0 Å². The molecule has 0 aliphatic rings. The summed E-state index contributed by atoms with van der Waals surface area (Å²) in [5.41, 5.74) is 2.94. The number of nitrogens with zero attached hydrogens (tertiary/aromatic N) is 3. The molecular formula is C22H23N5OS2. The smallest absolute Gasteiger partial charge is 0.224 e. The Hall–Kier alpha value is -2.84. The van der Waals surface area contributed by atoms with Gasteiger partial charge in [-0.1, -0.05) is 18.2 Å². The highest BCUT2D eigenvalue weighted by molar-refractivity contribution is 7.17. The summed E-state index contributed by atoms with van der Waals surface area (Å²) in [6, 6.07) is 9.83. The molecule has 2 N–H and O–H groups in total. The van der Waals surface area contributed by atoms with Crippen molar-refractivity contribution in [2.24, 2.45) is 0 Å². The van der Waals surface area contributed by atoms with Crippen LogP contribution in [0.2, 0.25) is 0 Å². The Bertz CT molecular complexity index is 1140. The van der Waals surface area contributed by atoms with Gasteiger partial charge < -0.3 is 10.6 Å². The zero-order valence-electron chi connectivity index (χ0n) is 16.7. The zero-order chi connectivity index (χ0) is 20.8. The predicted molar refractivity (Wildman–Crippen MR) is 124 cm³/mol. The lowest BCUT2D eigenvalue weighted by molar-refractivity contribution is -0.116. The van der Waals surface area contributed by atoms with E-state index in [2.05, 4.69) is 25.6 Å². The van der Waals surface area contributed by atoms with Crippen LogP contribution >= 0.6 is 22.7 Å². The summed E-state index contributed by atoms with van der Waals surface area (Å²) in [4.78, 5) is 26.5. The van der Waals surface area contributed by atoms with E-state index in [9.17, 15) is 4.79 Å². The highest BCUT2D eigenvalue weighted by atomic mass is 32.1. The van der Waals surface area contributed by atoms with Crippen LogP contribution in [0.15, 0.2) is 48.2 Å². The number of carbonyl (C=O) groups excluding carboxylic acids is 1. The topological polar surface area (TPSA) is 79.8 Å². The second-order valence-electron chi connectivity index (χ2n) is 6.97. The standard InChI is InChI=1S/C22H23N5OS2/c1-15-5-2-3-6-17(15)27-19(28)7-4-8-20-24-13-16(30-20)9-11-23-22-21-18(10-12-29-21)25-14-26-22/h2-3,5-6,10,12-14H,4,7-9,11H2,1H3,(H,27,28)(H,23,25,26). The molecule has 4 aromatic rings. The number of nitrogens with one attached hydrogen (secondary N) is 2. The van der Waals surface area contributed by atoms with E-state index in [1.807, 2.05) is 48.8 Å². The summed E-state index contributed by atoms with van der Waals surface area (Å²) in [5.74, 6) is 0.939. The quantitative estimate of drug-likeness (QED) is 0.382. The van der Waals surface area contributed by atoms with Gasteiger partial charge >= 0.3 is 0 Å². The molecule has 1 aromatic carbocycles. The van der Waals surface area contributed by atoms with Crippen LogP contribution in [0.3, 0.4) is 0 Å². The van der Waals surface area contributed by atoms with Gasteiger partial charge in [-0.2, -0.15) is 0 Å². The maximum atomic E-state index is 12.2. The number of anilines is 2. The molecule has 0 fully saturated rings. The van der Waals surface area contributed by atoms with Crippen LogP contribution < -0.4 is 10.6 Å². The van der Waals surface area contributed by atoms with Crippen LogP contribution in [-0.4, -0.2) is 27.4 Å². The molecule has 0 saturated heterocycles. The average molecular weight is 438 g/mol. The van der Waals surface area contributed by atoms with Gasteiger partial charge in [0.25, 0.3) is 0 Å². The zero-order valence-corrected chi connectivity index (χ0v) is 18.4. The molecule has 0 aliphatic heterocycles. The summed E-state index contributed by atoms with van der Waals surface area (Å²) in [5, 5.41) is 9.49. The van der Waals surface area contributed by atoms with Crippen LogP contribution in [0.1, 0.15) is 28.3 Å². The summed E-state index contributed by atoms with van der Waals surface area (Å²) < 4.78 is 1.09. The molecule has 0 aliphatic carbocycles. The Morgan fingerprint density at radius 3 is 2.90 bits per heavy atom. The normalized spacial score (nSPS) is 11.0. The first-order valence-electron chi connectivity index (χ1n) is 9.90. The Morgan fingerprint density at radius 1 is 1.10 bits per heavy atom. The number of thiophene rings is 1. The minimum atomic E-state index is 0.0509. The lowest BCUT2D eigenvalue weighted by Crippen LogP contribution is -2.12. The van der Waals surface area contributed by atoms with E-state index in [-0.39, 0.29) is 5.91 Å². The van der Waals surface area contributed by atoms with Crippen molar-refractivity contribution in [3.8, 4) is 0 Å². The number of fused-ring (bicyclic) bond motifs is 1. The minimum Gasteiger partial charge on any atom is -0.368 e. The molecular weight excluding hydrogens is 414 g/mol. The molecule has 4 rings (SSSR count). The van der Waals surface area contributed by atoms with E-state index in [0.29, 0.717) is 6.42 Å². The van der Waals surface area contributed by atoms with Crippen molar-refractivity contribution >= 4 is 50.3 Å². The molecule has 8 heteroatoms. The molecule has 0 bridgehead atoms. The first-order chi connectivity index (χ1) is 14.7. The van der Waals surface area contributed by atoms with Crippen molar-refractivity contribution in [2.75, 3.05) is 17.2 Å². The highest BCUT2D eigenvalue weighted by Crippen LogP contribution is 2.25. The number of hydrogen-bond acceptors (Lipinski definition) is 7. The Morgan fingerprint density at radius 2 is 2.00 bits per heavy atom. The predicted octanol–water partition coefficient (Wildman–Crippen LogP) is 5.07. The molecule has 0 spiro atoms. The molecule has 0 unspecified atom stereocenters. The number of aromatic nitrogens is 3. The fourth-order valence-electron chi connectivity index (χ4n) is 3.12. The largest absolute Gasteiger partial charge is 0.368 e. The summed E-state index contributed by atoms with van der Waals surface area (Å²) >= 11 is 3.37. The third-order valence-electron chi connectivity index (χ3n) is 4.72. The van der Waals surface area contributed by atoms with Gasteiger partial charge in [0.2, 0.25) is 5.91 Å². The molecule has 0 atom stereocenters. The Kier molecular flexibility index (Phi) is 6.66. The molecule has 3 aromatic heterocycles. The fourth-order valence-corrected chi connectivity index (χ4v) is 4.90. The van der Waals surface area contributed by atoms with Gasteiger partial charge in [-0.15, -0.1) is 22.7 Å². The SMILES string of the molecule is Cc1ccccc1NC(=O)CCCc1ncc(CCNc2ncnc3ccsc23)s1. The second kappa shape index (κ2) is 9.77. The molecule has 0 saturated carbocycles. The number of thiazole rings is 1. The monoisotopic (exact) mass is 437 g/mol. The number of hydrogen-bond donors (Lipinski definition) is 2. The maximum Gasteiger partial charge on any atom is 0.224 e. The van der Waals surface area contributed by atoms with Crippen LogP contribution in [0, 0.1) is 6.92 Å². The van der Waals surface area contributed by atoms with Crippen molar-refractivity contribution in [3.05, 3.63) is 63.7 Å². The van der Waals surface area contributed by atoms with Gasteiger partial charge in [0.05, 0.1) is 15.2 Å². The van der Waals surface area contributed by atoms with Crippen molar-refractivity contribution in [1.29, 1.82) is 0 Å². The van der Waals surface area contributed by atoms with E-state index in [1.54, 1.807) is 29.0 Å².